The number of aryl methyl sites for hydroxylation is 1. The molecule has 2 N–H and O–H groups in total. The fourth-order valence-corrected chi connectivity index (χ4v) is 2.39. The number of aliphatic imine (C=N–C) groups is 1. The molecule has 0 saturated heterocycles. The second-order valence-electron chi connectivity index (χ2n) is 5.62. The number of nitrogens with one attached hydrogen (secondary N) is 2. The molecule has 0 atom stereocenters. The van der Waals surface area contributed by atoms with E-state index in [-0.39, 0.29) is 0 Å². The van der Waals surface area contributed by atoms with Gasteiger partial charge in [-0.2, -0.15) is 0 Å². The van der Waals surface area contributed by atoms with Crippen LogP contribution in [0.2, 0.25) is 0 Å². The molecule has 0 fully saturated rings. The minimum atomic E-state index is 0.782. The van der Waals surface area contributed by atoms with Crippen molar-refractivity contribution in [2.24, 2.45) is 4.99 Å². The van der Waals surface area contributed by atoms with E-state index in [1.807, 2.05) is 7.05 Å². The smallest absolute Gasteiger partial charge is 0.191 e. The Labute approximate surface area is 141 Å². The summed E-state index contributed by atoms with van der Waals surface area (Å²) in [7, 11) is 5.67. The van der Waals surface area contributed by atoms with Crippen LogP contribution >= 0.6 is 0 Å². The van der Waals surface area contributed by atoms with Crippen LogP contribution < -0.4 is 10.6 Å². The van der Waals surface area contributed by atoms with Crippen LogP contribution in [-0.4, -0.2) is 58.3 Å². The Balaban J connectivity index is 2.27. The van der Waals surface area contributed by atoms with Gasteiger partial charge in [0.25, 0.3) is 0 Å². The molecule has 0 spiro atoms. The lowest BCUT2D eigenvalue weighted by Gasteiger charge is -2.17. The van der Waals surface area contributed by atoms with Crippen molar-refractivity contribution >= 4 is 5.96 Å². The second kappa shape index (κ2) is 11.9. The fraction of sp³-hybridized carbons (Fsp3) is 0.611. The fourth-order valence-electron chi connectivity index (χ4n) is 2.39. The summed E-state index contributed by atoms with van der Waals surface area (Å²) < 4.78 is 5.08. The van der Waals surface area contributed by atoms with E-state index >= 15 is 0 Å². The lowest BCUT2D eigenvalue weighted by molar-refractivity contribution is 0.161. The third kappa shape index (κ3) is 8.00. The summed E-state index contributed by atoms with van der Waals surface area (Å²) in [5.74, 6) is 0.857. The number of guanidine groups is 1. The van der Waals surface area contributed by atoms with Gasteiger partial charge in [0.2, 0.25) is 0 Å². The molecule has 1 rings (SSSR count). The maximum Gasteiger partial charge on any atom is 0.191 e. The van der Waals surface area contributed by atoms with Gasteiger partial charge in [-0.05, 0) is 37.6 Å². The number of ether oxygens (including phenoxy) is 1. The largest absolute Gasteiger partial charge is 0.383 e. The van der Waals surface area contributed by atoms with Crippen molar-refractivity contribution in [1.82, 2.24) is 15.5 Å². The summed E-state index contributed by atoms with van der Waals surface area (Å²) in [4.78, 5) is 6.56. The van der Waals surface area contributed by atoms with E-state index in [1.54, 1.807) is 7.11 Å². The van der Waals surface area contributed by atoms with Crippen LogP contribution in [0, 0.1) is 0 Å². The molecule has 23 heavy (non-hydrogen) atoms. The Kier molecular flexibility index (Phi) is 10.1. The van der Waals surface area contributed by atoms with Crippen LogP contribution in [0.15, 0.2) is 29.3 Å². The van der Waals surface area contributed by atoms with Gasteiger partial charge in [0.1, 0.15) is 0 Å². The van der Waals surface area contributed by atoms with Gasteiger partial charge in [0.05, 0.1) is 6.61 Å². The molecule has 0 saturated carbocycles. The highest BCUT2D eigenvalue weighted by molar-refractivity contribution is 5.79. The van der Waals surface area contributed by atoms with Crippen LogP contribution in [0.5, 0.6) is 0 Å². The molecule has 0 aliphatic carbocycles. The summed E-state index contributed by atoms with van der Waals surface area (Å²) >= 11 is 0. The summed E-state index contributed by atoms with van der Waals surface area (Å²) in [5.41, 5.74) is 2.72. The SMILES string of the molecule is CCc1ccccc1CNC(=NC)NCCCN(C)CCOC. The van der Waals surface area contributed by atoms with Crippen molar-refractivity contribution < 1.29 is 4.74 Å². The minimum absolute atomic E-state index is 0.782. The predicted octanol–water partition coefficient (Wildman–Crippen LogP) is 1.88. The molecule has 0 aromatic heterocycles. The minimum Gasteiger partial charge on any atom is -0.383 e. The van der Waals surface area contributed by atoms with E-state index in [0.29, 0.717) is 0 Å². The van der Waals surface area contributed by atoms with Crippen LogP contribution in [0.25, 0.3) is 0 Å². The normalized spacial score (nSPS) is 11.8. The molecular formula is C18H32N4O. The maximum atomic E-state index is 5.08. The zero-order chi connectivity index (χ0) is 16.9. The molecule has 0 aliphatic heterocycles. The first-order chi connectivity index (χ1) is 11.2. The van der Waals surface area contributed by atoms with Gasteiger partial charge < -0.3 is 20.3 Å². The highest BCUT2D eigenvalue weighted by Crippen LogP contribution is 2.08. The quantitative estimate of drug-likeness (QED) is 0.393. The van der Waals surface area contributed by atoms with Crippen LogP contribution in [0.1, 0.15) is 24.5 Å². The Morgan fingerprint density at radius 2 is 1.91 bits per heavy atom. The molecule has 130 valence electrons. The third-order valence-corrected chi connectivity index (χ3v) is 3.86. The number of nitrogens with zero attached hydrogens (tertiary/aromatic N) is 2. The predicted molar refractivity (Wildman–Crippen MR) is 98.0 cm³/mol. The van der Waals surface area contributed by atoms with Crippen molar-refractivity contribution in [1.29, 1.82) is 0 Å². The van der Waals surface area contributed by atoms with E-state index < -0.39 is 0 Å². The Bertz CT molecular complexity index is 462. The Morgan fingerprint density at radius 3 is 2.57 bits per heavy atom. The number of methoxy groups -OCH3 is 1. The zero-order valence-corrected chi connectivity index (χ0v) is 15.1. The standard InChI is InChI=1S/C18H32N4O/c1-5-16-9-6-7-10-17(16)15-21-18(19-2)20-11-8-12-22(3)13-14-23-4/h6-7,9-10H,5,8,11-15H2,1-4H3,(H2,19,20,21). The second-order valence-corrected chi connectivity index (χ2v) is 5.62. The highest BCUT2D eigenvalue weighted by Gasteiger charge is 2.02. The van der Waals surface area contributed by atoms with Gasteiger partial charge in [-0.15, -0.1) is 0 Å². The van der Waals surface area contributed by atoms with E-state index in [4.69, 9.17) is 4.74 Å². The average Bonchev–Trinajstić information content (AvgIpc) is 2.59. The molecule has 0 aliphatic rings. The van der Waals surface area contributed by atoms with Gasteiger partial charge in [0, 0.05) is 33.8 Å². The van der Waals surface area contributed by atoms with E-state index in [1.165, 1.54) is 11.1 Å². The molecule has 0 amide bonds. The monoisotopic (exact) mass is 320 g/mol. The molecule has 1 aromatic carbocycles. The first-order valence-corrected chi connectivity index (χ1v) is 8.40. The molecule has 0 bridgehead atoms. The number of hydrogen-bond donors (Lipinski definition) is 2. The average molecular weight is 320 g/mol. The molecule has 5 heteroatoms. The van der Waals surface area contributed by atoms with Crippen molar-refractivity contribution in [3.05, 3.63) is 35.4 Å². The van der Waals surface area contributed by atoms with Crippen LogP contribution in [0.4, 0.5) is 0 Å². The maximum absolute atomic E-state index is 5.08. The van der Waals surface area contributed by atoms with Crippen molar-refractivity contribution in [2.75, 3.05) is 47.4 Å². The number of hydrogen-bond acceptors (Lipinski definition) is 3. The Morgan fingerprint density at radius 1 is 1.17 bits per heavy atom. The van der Waals surface area contributed by atoms with Gasteiger partial charge in [0.15, 0.2) is 5.96 Å². The van der Waals surface area contributed by atoms with Gasteiger partial charge in [-0.1, -0.05) is 31.2 Å². The first kappa shape index (κ1) is 19.5. The molecule has 5 nitrogen and oxygen atoms in total. The van der Waals surface area contributed by atoms with Gasteiger partial charge >= 0.3 is 0 Å². The lowest BCUT2D eigenvalue weighted by atomic mass is 10.1. The third-order valence-electron chi connectivity index (χ3n) is 3.86. The molecular weight excluding hydrogens is 288 g/mol. The van der Waals surface area contributed by atoms with Crippen molar-refractivity contribution in [2.45, 2.75) is 26.3 Å². The summed E-state index contributed by atoms with van der Waals surface area (Å²) in [5, 5.41) is 6.76. The molecule has 0 unspecified atom stereocenters. The Hall–Kier alpha value is -1.59. The number of likely N-dealkylation sites (N-methyl/N-ethyl adjacent to an activating group) is 1. The summed E-state index contributed by atoms with van der Waals surface area (Å²) in [6.07, 6.45) is 2.13. The zero-order valence-electron chi connectivity index (χ0n) is 15.1. The van der Waals surface area contributed by atoms with Crippen LogP contribution in [0.3, 0.4) is 0 Å². The van der Waals surface area contributed by atoms with E-state index in [0.717, 1.165) is 51.6 Å². The number of rotatable bonds is 10. The molecule has 0 radical (unpaired) electrons. The summed E-state index contributed by atoms with van der Waals surface area (Å²) in [6.45, 7) is 6.70. The summed E-state index contributed by atoms with van der Waals surface area (Å²) in [6, 6.07) is 8.53. The van der Waals surface area contributed by atoms with E-state index in [9.17, 15) is 0 Å². The van der Waals surface area contributed by atoms with Gasteiger partial charge in [-0.3, -0.25) is 4.99 Å². The highest BCUT2D eigenvalue weighted by atomic mass is 16.5. The van der Waals surface area contributed by atoms with Crippen LogP contribution in [-0.2, 0) is 17.7 Å². The lowest BCUT2D eigenvalue weighted by Crippen LogP contribution is -2.38. The topological polar surface area (TPSA) is 48.9 Å². The molecule has 1 aromatic rings. The first-order valence-electron chi connectivity index (χ1n) is 8.40. The van der Waals surface area contributed by atoms with Crippen molar-refractivity contribution in [3.63, 3.8) is 0 Å². The van der Waals surface area contributed by atoms with Gasteiger partial charge in [-0.25, -0.2) is 0 Å². The number of benzene rings is 1. The van der Waals surface area contributed by atoms with Crippen molar-refractivity contribution in [3.8, 4) is 0 Å². The molecule has 0 heterocycles. The van der Waals surface area contributed by atoms with E-state index in [2.05, 4.69) is 58.8 Å².